The van der Waals surface area contributed by atoms with Crippen molar-refractivity contribution in [3.8, 4) is 5.75 Å². The third-order valence-corrected chi connectivity index (χ3v) is 5.87. The van der Waals surface area contributed by atoms with Gasteiger partial charge in [-0.3, -0.25) is 9.59 Å². The van der Waals surface area contributed by atoms with E-state index >= 15 is 0 Å². The number of rotatable bonds is 10. The third-order valence-electron chi connectivity index (χ3n) is 5.19. The van der Waals surface area contributed by atoms with Crippen LogP contribution in [0.3, 0.4) is 0 Å². The summed E-state index contributed by atoms with van der Waals surface area (Å²) in [5.41, 5.74) is 1.68. The first-order valence-electron chi connectivity index (χ1n) is 11.1. The van der Waals surface area contributed by atoms with Crippen molar-refractivity contribution in [3.05, 3.63) is 100 Å². The molecule has 0 unspecified atom stereocenters. The monoisotopic (exact) mass is 498 g/mol. The minimum atomic E-state index is -0.761. The van der Waals surface area contributed by atoms with Gasteiger partial charge in [-0.15, -0.1) is 0 Å². The lowest BCUT2D eigenvalue weighted by molar-refractivity contribution is -0.143. The van der Waals surface area contributed by atoms with E-state index in [1.165, 1.54) is 4.90 Å². The molecule has 0 aromatic heterocycles. The average molecular weight is 499 g/mol. The summed E-state index contributed by atoms with van der Waals surface area (Å²) in [5, 5.41) is 3.89. The van der Waals surface area contributed by atoms with Gasteiger partial charge < -0.3 is 15.0 Å². The number of ether oxygens (including phenoxy) is 1. The van der Waals surface area contributed by atoms with Crippen LogP contribution in [0.4, 0.5) is 0 Å². The molecule has 178 valence electrons. The zero-order valence-corrected chi connectivity index (χ0v) is 20.7. The van der Waals surface area contributed by atoms with Crippen molar-refractivity contribution in [2.24, 2.45) is 0 Å². The second kappa shape index (κ2) is 12.4. The lowest BCUT2D eigenvalue weighted by Crippen LogP contribution is -2.52. The standard InChI is InChI=1S/C27H28Cl2N2O3/c1-19(2)30-27(33)24(16-20-10-4-3-5-11-20)31(17-21-12-6-7-13-22(21)28)26(32)18-34-25-15-9-8-14-23(25)29/h3-15,19,24H,16-18H2,1-2H3,(H,30,33)/t24-/m0/s1. The number of nitrogens with zero attached hydrogens (tertiary/aromatic N) is 1. The van der Waals surface area contributed by atoms with E-state index in [0.29, 0.717) is 22.2 Å². The van der Waals surface area contributed by atoms with Gasteiger partial charge in [0.2, 0.25) is 5.91 Å². The zero-order chi connectivity index (χ0) is 24.5. The number of para-hydroxylation sites is 1. The molecule has 0 saturated heterocycles. The molecule has 0 heterocycles. The Labute approximate surface area is 210 Å². The van der Waals surface area contributed by atoms with E-state index in [-0.39, 0.29) is 31.0 Å². The summed E-state index contributed by atoms with van der Waals surface area (Å²) in [6.07, 6.45) is 0.349. The van der Waals surface area contributed by atoms with Crippen molar-refractivity contribution in [1.29, 1.82) is 0 Å². The molecule has 0 spiro atoms. The van der Waals surface area contributed by atoms with E-state index in [2.05, 4.69) is 5.32 Å². The Hall–Kier alpha value is -3.02. The smallest absolute Gasteiger partial charge is 0.261 e. The fraction of sp³-hybridized carbons (Fsp3) is 0.259. The predicted octanol–water partition coefficient (Wildman–Crippen LogP) is 5.54. The molecule has 3 rings (SSSR count). The van der Waals surface area contributed by atoms with Gasteiger partial charge in [-0.2, -0.15) is 0 Å². The molecule has 3 aromatic carbocycles. The molecular formula is C27H28Cl2N2O3. The minimum absolute atomic E-state index is 0.0811. The SMILES string of the molecule is CC(C)NC(=O)[C@H](Cc1ccccc1)N(Cc1ccccc1Cl)C(=O)COc1ccccc1Cl. The number of nitrogens with one attached hydrogen (secondary N) is 1. The summed E-state index contributed by atoms with van der Waals surface area (Å²) in [6, 6.07) is 23.0. The van der Waals surface area contributed by atoms with Crippen LogP contribution in [0.15, 0.2) is 78.9 Å². The van der Waals surface area contributed by atoms with Gasteiger partial charge in [0.25, 0.3) is 5.91 Å². The Balaban J connectivity index is 1.93. The predicted molar refractivity (Wildman–Crippen MR) is 136 cm³/mol. The molecule has 1 atom stereocenters. The minimum Gasteiger partial charge on any atom is -0.482 e. The molecule has 0 aliphatic carbocycles. The van der Waals surface area contributed by atoms with Crippen LogP contribution in [-0.2, 0) is 22.6 Å². The van der Waals surface area contributed by atoms with E-state index in [1.54, 1.807) is 30.3 Å². The summed E-state index contributed by atoms with van der Waals surface area (Å²) in [6.45, 7) is 3.66. The number of halogens is 2. The van der Waals surface area contributed by atoms with Crippen LogP contribution in [0, 0.1) is 0 Å². The van der Waals surface area contributed by atoms with Crippen molar-refractivity contribution in [2.45, 2.75) is 38.9 Å². The molecular weight excluding hydrogens is 471 g/mol. The number of benzene rings is 3. The fourth-order valence-electron chi connectivity index (χ4n) is 3.53. The van der Waals surface area contributed by atoms with Gasteiger partial charge in [-0.25, -0.2) is 0 Å². The third kappa shape index (κ3) is 7.24. The van der Waals surface area contributed by atoms with Crippen LogP contribution in [0.1, 0.15) is 25.0 Å². The lowest BCUT2D eigenvalue weighted by atomic mass is 10.0. The summed E-state index contributed by atoms with van der Waals surface area (Å²) in [5.74, 6) is -0.182. The van der Waals surface area contributed by atoms with E-state index in [1.807, 2.05) is 62.4 Å². The summed E-state index contributed by atoms with van der Waals surface area (Å²) in [7, 11) is 0. The number of hydrogen-bond acceptors (Lipinski definition) is 3. The van der Waals surface area contributed by atoms with Crippen molar-refractivity contribution < 1.29 is 14.3 Å². The highest BCUT2D eigenvalue weighted by molar-refractivity contribution is 6.32. The Morgan fingerprint density at radius 2 is 1.50 bits per heavy atom. The first-order chi connectivity index (χ1) is 16.3. The van der Waals surface area contributed by atoms with E-state index < -0.39 is 6.04 Å². The van der Waals surface area contributed by atoms with Crippen LogP contribution in [-0.4, -0.2) is 35.4 Å². The van der Waals surface area contributed by atoms with Gasteiger partial charge in [0, 0.05) is 24.0 Å². The number of carbonyl (C=O) groups is 2. The van der Waals surface area contributed by atoms with Gasteiger partial charge in [-0.05, 0) is 43.2 Å². The molecule has 2 amide bonds. The number of amides is 2. The summed E-state index contributed by atoms with van der Waals surface area (Å²) >= 11 is 12.6. The average Bonchev–Trinajstić information content (AvgIpc) is 2.82. The highest BCUT2D eigenvalue weighted by Crippen LogP contribution is 2.24. The number of hydrogen-bond donors (Lipinski definition) is 1. The van der Waals surface area contributed by atoms with Gasteiger partial charge in [-0.1, -0.05) is 83.9 Å². The van der Waals surface area contributed by atoms with Crippen molar-refractivity contribution in [2.75, 3.05) is 6.61 Å². The van der Waals surface area contributed by atoms with Crippen LogP contribution < -0.4 is 10.1 Å². The van der Waals surface area contributed by atoms with Crippen LogP contribution in [0.2, 0.25) is 10.0 Å². The fourth-order valence-corrected chi connectivity index (χ4v) is 3.91. The van der Waals surface area contributed by atoms with Gasteiger partial charge in [0.1, 0.15) is 11.8 Å². The molecule has 34 heavy (non-hydrogen) atoms. The largest absolute Gasteiger partial charge is 0.482 e. The van der Waals surface area contributed by atoms with Crippen molar-refractivity contribution >= 4 is 35.0 Å². The Morgan fingerprint density at radius 1 is 0.882 bits per heavy atom. The molecule has 1 N–H and O–H groups in total. The zero-order valence-electron chi connectivity index (χ0n) is 19.2. The first kappa shape index (κ1) is 25.6. The Morgan fingerprint density at radius 3 is 2.15 bits per heavy atom. The Bertz CT molecular complexity index is 1110. The normalized spacial score (nSPS) is 11.7. The van der Waals surface area contributed by atoms with Crippen molar-refractivity contribution in [1.82, 2.24) is 10.2 Å². The van der Waals surface area contributed by atoms with Crippen molar-refractivity contribution in [3.63, 3.8) is 0 Å². The maximum atomic E-state index is 13.5. The van der Waals surface area contributed by atoms with Gasteiger partial charge in [0.15, 0.2) is 6.61 Å². The molecule has 0 bridgehead atoms. The first-order valence-corrected chi connectivity index (χ1v) is 11.8. The second-order valence-corrected chi connectivity index (χ2v) is 9.02. The molecule has 0 fully saturated rings. The lowest BCUT2D eigenvalue weighted by Gasteiger charge is -2.32. The molecule has 0 radical (unpaired) electrons. The van der Waals surface area contributed by atoms with Gasteiger partial charge >= 0.3 is 0 Å². The maximum Gasteiger partial charge on any atom is 0.261 e. The summed E-state index contributed by atoms with van der Waals surface area (Å²) in [4.78, 5) is 28.3. The van der Waals surface area contributed by atoms with Crippen LogP contribution in [0.5, 0.6) is 5.75 Å². The highest BCUT2D eigenvalue weighted by atomic mass is 35.5. The summed E-state index contributed by atoms with van der Waals surface area (Å²) < 4.78 is 5.72. The molecule has 7 heteroatoms. The quantitative estimate of drug-likeness (QED) is 0.399. The second-order valence-electron chi connectivity index (χ2n) is 8.20. The molecule has 0 aliphatic rings. The maximum absolute atomic E-state index is 13.5. The molecule has 0 aliphatic heterocycles. The van der Waals surface area contributed by atoms with Crippen LogP contribution >= 0.6 is 23.2 Å². The van der Waals surface area contributed by atoms with E-state index in [9.17, 15) is 9.59 Å². The highest BCUT2D eigenvalue weighted by Gasteiger charge is 2.31. The Kier molecular flexibility index (Phi) is 9.37. The van der Waals surface area contributed by atoms with Gasteiger partial charge in [0.05, 0.1) is 5.02 Å². The van der Waals surface area contributed by atoms with E-state index in [0.717, 1.165) is 11.1 Å². The molecule has 3 aromatic rings. The number of carbonyl (C=O) groups excluding carboxylic acids is 2. The molecule has 5 nitrogen and oxygen atoms in total. The molecule has 0 saturated carbocycles. The van der Waals surface area contributed by atoms with Crippen LogP contribution in [0.25, 0.3) is 0 Å². The van der Waals surface area contributed by atoms with E-state index in [4.69, 9.17) is 27.9 Å². The topological polar surface area (TPSA) is 58.6 Å².